The number of piperidine rings is 1. The van der Waals surface area contributed by atoms with Crippen molar-refractivity contribution in [1.82, 2.24) is 4.90 Å². The molecule has 22 heavy (non-hydrogen) atoms. The summed E-state index contributed by atoms with van der Waals surface area (Å²) in [6.45, 7) is 4.75. The van der Waals surface area contributed by atoms with E-state index in [0.717, 1.165) is 30.7 Å². The van der Waals surface area contributed by atoms with Gasteiger partial charge < -0.3 is 10.6 Å². The fraction of sp³-hybridized carbons (Fsp3) is 0.562. The minimum atomic E-state index is -0.149. The number of likely N-dealkylation sites (tertiary alicyclic amines) is 1. The summed E-state index contributed by atoms with van der Waals surface area (Å²) in [4.78, 5) is 15.7. The van der Waals surface area contributed by atoms with Gasteiger partial charge in [0.1, 0.15) is 0 Å². The Hall–Kier alpha value is -0.420. The molecule has 0 bridgehead atoms. The van der Waals surface area contributed by atoms with Gasteiger partial charge in [0.2, 0.25) is 5.91 Å². The van der Waals surface area contributed by atoms with Crippen molar-refractivity contribution in [3.05, 3.63) is 29.3 Å². The Labute approximate surface area is 148 Å². The lowest BCUT2D eigenvalue weighted by atomic mass is 9.96. The summed E-state index contributed by atoms with van der Waals surface area (Å²) < 4.78 is 0. The first kappa shape index (κ1) is 19.6. The van der Waals surface area contributed by atoms with Gasteiger partial charge in [-0.1, -0.05) is 23.7 Å². The summed E-state index contributed by atoms with van der Waals surface area (Å²) in [5, 5.41) is 0.550. The molecular weight excluding hydrogens is 339 g/mol. The second kappa shape index (κ2) is 9.02. The summed E-state index contributed by atoms with van der Waals surface area (Å²) >= 11 is 7.69. The maximum Gasteiger partial charge on any atom is 0.236 e. The van der Waals surface area contributed by atoms with Gasteiger partial charge >= 0.3 is 0 Å². The zero-order valence-corrected chi connectivity index (χ0v) is 15.4. The van der Waals surface area contributed by atoms with E-state index in [-0.39, 0.29) is 35.6 Å². The number of amides is 1. The van der Waals surface area contributed by atoms with Crippen LogP contribution in [0.2, 0.25) is 5.02 Å². The van der Waals surface area contributed by atoms with E-state index in [1.165, 1.54) is 11.8 Å². The molecule has 1 fully saturated rings. The van der Waals surface area contributed by atoms with Crippen LogP contribution in [0.15, 0.2) is 29.2 Å². The molecule has 2 rings (SSSR count). The van der Waals surface area contributed by atoms with E-state index in [4.69, 9.17) is 17.3 Å². The number of hydrogen-bond acceptors (Lipinski definition) is 3. The van der Waals surface area contributed by atoms with Crippen LogP contribution in [-0.2, 0) is 4.79 Å². The van der Waals surface area contributed by atoms with Crippen molar-refractivity contribution < 1.29 is 4.79 Å². The molecule has 1 heterocycles. The molecular formula is C16H24Cl2N2OS. The van der Waals surface area contributed by atoms with Crippen molar-refractivity contribution in [2.24, 2.45) is 5.73 Å². The van der Waals surface area contributed by atoms with Crippen molar-refractivity contribution in [1.29, 1.82) is 0 Å². The van der Waals surface area contributed by atoms with E-state index in [1.54, 1.807) is 0 Å². The fourth-order valence-corrected chi connectivity index (χ4v) is 4.02. The zero-order valence-electron chi connectivity index (χ0n) is 13.0. The van der Waals surface area contributed by atoms with Crippen molar-refractivity contribution in [3.63, 3.8) is 0 Å². The van der Waals surface area contributed by atoms with E-state index in [9.17, 15) is 4.79 Å². The maximum atomic E-state index is 12.7. The standard InChI is InChI=1S/C16H23ClN2OS.ClH/c1-11(18)14-8-5-6-10-19(14)16(20)12(2)21-15-9-4-3-7-13(15)17;/h3-4,7,9,11-12,14H,5-6,8,10,18H2,1-2H3;1H. The highest BCUT2D eigenvalue weighted by atomic mass is 35.5. The molecule has 1 aromatic rings. The van der Waals surface area contributed by atoms with Gasteiger partial charge in [-0.3, -0.25) is 4.79 Å². The Bertz CT molecular complexity index is 499. The lowest BCUT2D eigenvalue weighted by Gasteiger charge is -2.39. The second-order valence-electron chi connectivity index (χ2n) is 5.64. The molecule has 0 spiro atoms. The molecule has 0 aliphatic carbocycles. The quantitative estimate of drug-likeness (QED) is 0.824. The maximum absolute atomic E-state index is 12.7. The van der Waals surface area contributed by atoms with Crippen molar-refractivity contribution in [3.8, 4) is 0 Å². The minimum absolute atomic E-state index is 0. The Morgan fingerprint density at radius 2 is 2.05 bits per heavy atom. The summed E-state index contributed by atoms with van der Waals surface area (Å²) in [6, 6.07) is 7.84. The zero-order chi connectivity index (χ0) is 15.4. The number of rotatable bonds is 4. The lowest BCUT2D eigenvalue weighted by molar-refractivity contribution is -0.134. The number of carbonyl (C=O) groups is 1. The van der Waals surface area contributed by atoms with Gasteiger partial charge in [0.15, 0.2) is 0 Å². The molecule has 3 nitrogen and oxygen atoms in total. The predicted octanol–water partition coefficient (Wildman–Crippen LogP) is 3.97. The van der Waals surface area contributed by atoms with E-state index in [1.807, 2.05) is 43.0 Å². The Balaban J connectivity index is 0.00000242. The Morgan fingerprint density at radius 3 is 2.68 bits per heavy atom. The third-order valence-electron chi connectivity index (χ3n) is 3.93. The molecule has 1 aliphatic heterocycles. The van der Waals surface area contributed by atoms with Crippen molar-refractivity contribution >= 4 is 41.7 Å². The van der Waals surface area contributed by atoms with E-state index in [0.29, 0.717) is 5.02 Å². The average Bonchev–Trinajstić information content (AvgIpc) is 2.48. The van der Waals surface area contributed by atoms with E-state index >= 15 is 0 Å². The van der Waals surface area contributed by atoms with Gasteiger partial charge in [0, 0.05) is 23.5 Å². The molecule has 0 aromatic heterocycles. The highest BCUT2D eigenvalue weighted by Crippen LogP contribution is 2.32. The minimum Gasteiger partial charge on any atom is -0.337 e. The van der Waals surface area contributed by atoms with Crippen molar-refractivity contribution in [2.45, 2.75) is 55.3 Å². The molecule has 3 unspecified atom stereocenters. The molecule has 1 saturated heterocycles. The molecule has 1 amide bonds. The SMILES string of the molecule is CC(Sc1ccccc1Cl)C(=O)N1CCCCC1C(C)N.Cl. The highest BCUT2D eigenvalue weighted by molar-refractivity contribution is 8.00. The number of nitrogens with zero attached hydrogens (tertiary/aromatic N) is 1. The van der Waals surface area contributed by atoms with Gasteiger partial charge in [-0.25, -0.2) is 0 Å². The summed E-state index contributed by atoms with van der Waals surface area (Å²) in [5.41, 5.74) is 6.05. The summed E-state index contributed by atoms with van der Waals surface area (Å²) in [6.07, 6.45) is 3.23. The molecule has 0 radical (unpaired) electrons. The number of halogens is 2. The number of nitrogens with two attached hydrogens (primary N) is 1. The average molecular weight is 363 g/mol. The van der Waals surface area contributed by atoms with Crippen LogP contribution < -0.4 is 5.73 Å². The van der Waals surface area contributed by atoms with Gasteiger partial charge in [0.25, 0.3) is 0 Å². The van der Waals surface area contributed by atoms with Gasteiger partial charge in [-0.15, -0.1) is 24.2 Å². The first-order chi connectivity index (χ1) is 10.0. The lowest BCUT2D eigenvalue weighted by Crippen LogP contribution is -2.53. The number of hydrogen-bond donors (Lipinski definition) is 1. The molecule has 124 valence electrons. The molecule has 0 saturated carbocycles. The van der Waals surface area contributed by atoms with Crippen LogP contribution in [0.3, 0.4) is 0 Å². The number of benzene rings is 1. The third kappa shape index (κ3) is 4.79. The summed E-state index contributed by atoms with van der Waals surface area (Å²) in [7, 11) is 0. The smallest absolute Gasteiger partial charge is 0.236 e. The van der Waals surface area contributed by atoms with Crippen LogP contribution in [0.1, 0.15) is 33.1 Å². The van der Waals surface area contributed by atoms with Crippen LogP contribution in [0.25, 0.3) is 0 Å². The number of thioether (sulfide) groups is 1. The van der Waals surface area contributed by atoms with Crippen LogP contribution in [0.4, 0.5) is 0 Å². The van der Waals surface area contributed by atoms with E-state index in [2.05, 4.69) is 0 Å². The van der Waals surface area contributed by atoms with Crippen LogP contribution in [-0.4, -0.2) is 34.7 Å². The van der Waals surface area contributed by atoms with Crippen LogP contribution >= 0.6 is 35.8 Å². The first-order valence-electron chi connectivity index (χ1n) is 7.48. The molecule has 2 N–H and O–H groups in total. The second-order valence-corrected chi connectivity index (χ2v) is 7.43. The van der Waals surface area contributed by atoms with Gasteiger partial charge in [-0.2, -0.15) is 0 Å². The largest absolute Gasteiger partial charge is 0.337 e. The van der Waals surface area contributed by atoms with Gasteiger partial charge in [-0.05, 0) is 45.2 Å². The van der Waals surface area contributed by atoms with Crippen LogP contribution in [0, 0.1) is 0 Å². The Morgan fingerprint density at radius 1 is 1.36 bits per heavy atom. The Kier molecular flexibility index (Phi) is 8.04. The highest BCUT2D eigenvalue weighted by Gasteiger charge is 2.32. The summed E-state index contributed by atoms with van der Waals surface area (Å²) in [5.74, 6) is 0.168. The topological polar surface area (TPSA) is 46.3 Å². The van der Waals surface area contributed by atoms with Gasteiger partial charge in [0.05, 0.1) is 10.3 Å². The van der Waals surface area contributed by atoms with E-state index < -0.39 is 0 Å². The molecule has 3 atom stereocenters. The van der Waals surface area contributed by atoms with Crippen LogP contribution in [0.5, 0.6) is 0 Å². The fourth-order valence-electron chi connectivity index (χ4n) is 2.79. The normalized spacial score (nSPS) is 20.9. The third-order valence-corrected chi connectivity index (χ3v) is 5.53. The molecule has 6 heteroatoms. The monoisotopic (exact) mass is 362 g/mol. The first-order valence-corrected chi connectivity index (χ1v) is 8.73. The molecule has 1 aliphatic rings. The number of carbonyl (C=O) groups excluding carboxylic acids is 1. The van der Waals surface area contributed by atoms with Crippen molar-refractivity contribution in [2.75, 3.05) is 6.54 Å². The predicted molar refractivity (Wildman–Crippen MR) is 97.0 cm³/mol. The molecule has 1 aromatic carbocycles.